The number of hydrogen-bond acceptors (Lipinski definition) is 5. The Morgan fingerprint density at radius 2 is 2.11 bits per heavy atom. The molecule has 0 aromatic carbocycles. The number of rotatable bonds is 3. The molecular weight excluding hydrogens is 246 g/mol. The number of aromatic nitrogens is 2. The van der Waals surface area contributed by atoms with E-state index in [1.54, 1.807) is 4.68 Å². The van der Waals surface area contributed by atoms with Crippen LogP contribution in [0.4, 0.5) is 5.82 Å². The number of methoxy groups -OCH3 is 1. The van der Waals surface area contributed by atoms with Crippen molar-refractivity contribution in [2.24, 2.45) is 0 Å². The van der Waals surface area contributed by atoms with Gasteiger partial charge >= 0.3 is 5.97 Å². The van der Waals surface area contributed by atoms with Gasteiger partial charge in [0.1, 0.15) is 5.82 Å². The van der Waals surface area contributed by atoms with E-state index >= 15 is 0 Å². The molecule has 6 nitrogen and oxygen atoms in total. The van der Waals surface area contributed by atoms with E-state index in [4.69, 9.17) is 15.2 Å². The molecule has 2 heterocycles. The highest BCUT2D eigenvalue weighted by Crippen LogP contribution is 2.35. The first-order valence-electron chi connectivity index (χ1n) is 6.60. The summed E-state index contributed by atoms with van der Waals surface area (Å²) < 4.78 is 11.9. The Morgan fingerprint density at radius 3 is 2.63 bits per heavy atom. The average molecular weight is 267 g/mol. The number of carbonyl (C=O) groups is 1. The Kier molecular flexibility index (Phi) is 4.09. The Hall–Kier alpha value is -1.56. The Morgan fingerprint density at radius 1 is 1.47 bits per heavy atom. The second-order valence-electron chi connectivity index (χ2n) is 5.06. The average Bonchev–Trinajstić information content (AvgIpc) is 2.76. The third-order valence-corrected chi connectivity index (χ3v) is 3.48. The van der Waals surface area contributed by atoms with Crippen molar-refractivity contribution >= 4 is 11.8 Å². The van der Waals surface area contributed by atoms with Crippen LogP contribution in [0.1, 0.15) is 54.7 Å². The van der Waals surface area contributed by atoms with Gasteiger partial charge in [-0.3, -0.25) is 0 Å². The summed E-state index contributed by atoms with van der Waals surface area (Å²) in [6.45, 7) is 5.35. The van der Waals surface area contributed by atoms with Crippen molar-refractivity contribution < 1.29 is 14.3 Å². The number of carbonyl (C=O) groups excluding carboxylic acids is 1. The van der Waals surface area contributed by atoms with Gasteiger partial charge in [0.05, 0.1) is 7.11 Å². The van der Waals surface area contributed by atoms with Gasteiger partial charge in [-0.1, -0.05) is 0 Å². The molecule has 19 heavy (non-hydrogen) atoms. The van der Waals surface area contributed by atoms with Crippen molar-refractivity contribution in [3.8, 4) is 0 Å². The smallest absolute Gasteiger partial charge is 0.358 e. The Balaban J connectivity index is 2.45. The molecule has 0 amide bonds. The van der Waals surface area contributed by atoms with E-state index in [0.717, 1.165) is 18.4 Å². The quantitative estimate of drug-likeness (QED) is 0.844. The number of nitrogens with two attached hydrogens (primary N) is 1. The lowest BCUT2D eigenvalue weighted by Gasteiger charge is -2.22. The number of nitrogen functional groups attached to an aromatic ring is 1. The maximum atomic E-state index is 11.9. The number of anilines is 1. The molecule has 0 spiro atoms. The van der Waals surface area contributed by atoms with Gasteiger partial charge in [-0.05, 0) is 32.6 Å². The van der Waals surface area contributed by atoms with Crippen molar-refractivity contribution in [3.63, 3.8) is 0 Å². The standard InChI is InChI=1S/C13H21N3O3/c1-8(2)16-12(14)10(9-4-6-19-7-5-9)11(15-16)13(17)18-3/h8-9H,4-7,14H2,1-3H3. The molecule has 2 N–H and O–H groups in total. The highest BCUT2D eigenvalue weighted by Gasteiger charge is 2.30. The van der Waals surface area contributed by atoms with Crippen LogP contribution in [0, 0.1) is 0 Å². The van der Waals surface area contributed by atoms with Crippen molar-refractivity contribution in [3.05, 3.63) is 11.3 Å². The van der Waals surface area contributed by atoms with E-state index in [-0.39, 0.29) is 12.0 Å². The minimum absolute atomic E-state index is 0.108. The maximum Gasteiger partial charge on any atom is 0.358 e. The van der Waals surface area contributed by atoms with E-state index in [0.29, 0.717) is 24.7 Å². The number of esters is 1. The summed E-state index contributed by atoms with van der Waals surface area (Å²) in [6.07, 6.45) is 1.72. The molecule has 0 bridgehead atoms. The zero-order valence-corrected chi connectivity index (χ0v) is 11.7. The van der Waals surface area contributed by atoms with E-state index < -0.39 is 5.97 Å². The van der Waals surface area contributed by atoms with E-state index in [9.17, 15) is 4.79 Å². The Bertz CT molecular complexity index is 462. The van der Waals surface area contributed by atoms with Crippen molar-refractivity contribution in [2.45, 2.75) is 38.6 Å². The molecule has 0 unspecified atom stereocenters. The molecule has 1 aliphatic rings. The minimum atomic E-state index is -0.424. The Labute approximate surface area is 112 Å². The van der Waals surface area contributed by atoms with Crippen LogP contribution in [0.2, 0.25) is 0 Å². The van der Waals surface area contributed by atoms with Gasteiger partial charge in [-0.2, -0.15) is 5.10 Å². The number of ether oxygens (including phenoxy) is 2. The first kappa shape index (κ1) is 13.9. The molecule has 1 saturated heterocycles. The molecule has 0 aliphatic carbocycles. The molecule has 1 aromatic rings. The molecule has 1 fully saturated rings. The predicted molar refractivity (Wildman–Crippen MR) is 71.2 cm³/mol. The fraction of sp³-hybridized carbons (Fsp3) is 0.692. The van der Waals surface area contributed by atoms with Gasteiger partial charge in [0, 0.05) is 24.8 Å². The molecule has 0 radical (unpaired) electrons. The zero-order chi connectivity index (χ0) is 14.0. The summed E-state index contributed by atoms with van der Waals surface area (Å²) in [7, 11) is 1.36. The third kappa shape index (κ3) is 2.58. The van der Waals surface area contributed by atoms with Gasteiger partial charge < -0.3 is 15.2 Å². The van der Waals surface area contributed by atoms with Gasteiger partial charge in [0.2, 0.25) is 0 Å². The second kappa shape index (κ2) is 5.61. The number of nitrogens with zero attached hydrogens (tertiary/aromatic N) is 2. The third-order valence-electron chi connectivity index (χ3n) is 3.48. The lowest BCUT2D eigenvalue weighted by Crippen LogP contribution is -2.17. The summed E-state index contributed by atoms with van der Waals surface area (Å²) in [5.74, 6) is 0.366. The molecule has 0 saturated carbocycles. The van der Waals surface area contributed by atoms with Crippen LogP contribution >= 0.6 is 0 Å². The van der Waals surface area contributed by atoms with E-state index in [1.165, 1.54) is 7.11 Å². The largest absolute Gasteiger partial charge is 0.464 e. The van der Waals surface area contributed by atoms with Gasteiger partial charge in [-0.25, -0.2) is 9.48 Å². The molecule has 106 valence electrons. The van der Waals surface area contributed by atoms with Crippen molar-refractivity contribution in [1.29, 1.82) is 0 Å². The van der Waals surface area contributed by atoms with Crippen LogP contribution in [-0.2, 0) is 9.47 Å². The molecule has 2 rings (SSSR count). The minimum Gasteiger partial charge on any atom is -0.464 e. The topological polar surface area (TPSA) is 79.4 Å². The predicted octanol–water partition coefficient (Wildman–Crippen LogP) is 1.73. The van der Waals surface area contributed by atoms with Crippen LogP contribution in [0.3, 0.4) is 0 Å². The highest BCUT2D eigenvalue weighted by atomic mass is 16.5. The zero-order valence-electron chi connectivity index (χ0n) is 11.7. The second-order valence-corrected chi connectivity index (χ2v) is 5.06. The molecule has 6 heteroatoms. The normalized spacial score (nSPS) is 16.8. The summed E-state index contributed by atoms with van der Waals surface area (Å²) in [6, 6.07) is 0.108. The SMILES string of the molecule is COC(=O)c1nn(C(C)C)c(N)c1C1CCOCC1. The molecule has 0 atom stereocenters. The number of hydrogen-bond donors (Lipinski definition) is 1. The first-order chi connectivity index (χ1) is 9.06. The maximum absolute atomic E-state index is 11.9. The summed E-state index contributed by atoms with van der Waals surface area (Å²) in [5, 5.41) is 4.33. The summed E-state index contributed by atoms with van der Waals surface area (Å²) in [5.41, 5.74) is 7.35. The summed E-state index contributed by atoms with van der Waals surface area (Å²) >= 11 is 0. The van der Waals surface area contributed by atoms with Crippen molar-refractivity contribution in [2.75, 3.05) is 26.1 Å². The fourth-order valence-electron chi connectivity index (χ4n) is 2.49. The first-order valence-corrected chi connectivity index (χ1v) is 6.60. The van der Waals surface area contributed by atoms with Crippen LogP contribution < -0.4 is 5.73 Å². The molecular formula is C13H21N3O3. The van der Waals surface area contributed by atoms with Gasteiger partial charge in [0.25, 0.3) is 0 Å². The van der Waals surface area contributed by atoms with Crippen LogP contribution in [0.25, 0.3) is 0 Å². The molecule has 1 aromatic heterocycles. The van der Waals surface area contributed by atoms with Crippen LogP contribution in [0.5, 0.6) is 0 Å². The molecule has 1 aliphatic heterocycles. The van der Waals surface area contributed by atoms with Crippen molar-refractivity contribution in [1.82, 2.24) is 9.78 Å². The fourth-order valence-corrected chi connectivity index (χ4v) is 2.49. The lowest BCUT2D eigenvalue weighted by molar-refractivity contribution is 0.0585. The van der Waals surface area contributed by atoms with Crippen LogP contribution in [0.15, 0.2) is 0 Å². The summed E-state index contributed by atoms with van der Waals surface area (Å²) in [4.78, 5) is 11.9. The highest BCUT2D eigenvalue weighted by molar-refractivity contribution is 5.90. The van der Waals surface area contributed by atoms with Gasteiger partial charge in [0.15, 0.2) is 5.69 Å². The monoisotopic (exact) mass is 267 g/mol. The lowest BCUT2D eigenvalue weighted by atomic mass is 9.91. The van der Waals surface area contributed by atoms with E-state index in [2.05, 4.69) is 5.10 Å². The van der Waals surface area contributed by atoms with E-state index in [1.807, 2.05) is 13.8 Å². The van der Waals surface area contributed by atoms with Crippen LogP contribution in [-0.4, -0.2) is 36.1 Å². The van der Waals surface area contributed by atoms with Gasteiger partial charge in [-0.15, -0.1) is 0 Å².